The van der Waals surface area contributed by atoms with E-state index in [0.717, 1.165) is 25.2 Å². The second kappa shape index (κ2) is 12.7. The number of likely N-dealkylation sites (N-methyl/N-ethyl adjacent to an activating group) is 1. The van der Waals surface area contributed by atoms with Gasteiger partial charge in [-0.3, -0.25) is 0 Å². The molecule has 0 aliphatic rings. The number of nitrogens with zero attached hydrogens (tertiary/aromatic N) is 2. The van der Waals surface area contributed by atoms with E-state index in [4.69, 9.17) is 0 Å². The summed E-state index contributed by atoms with van der Waals surface area (Å²) in [7, 11) is 0. The third-order valence-electron chi connectivity index (χ3n) is 4.45. The largest absolute Gasteiger partial charge is 0.411 e. The predicted molar refractivity (Wildman–Crippen MR) is 109 cm³/mol. The lowest BCUT2D eigenvalue weighted by Gasteiger charge is -2.28. The van der Waals surface area contributed by atoms with Crippen LogP contribution in [0.15, 0.2) is 24.3 Å². The smallest absolute Gasteiger partial charge is 0.367 e. The molecule has 0 heterocycles. The highest BCUT2D eigenvalue weighted by Gasteiger charge is 2.27. The van der Waals surface area contributed by atoms with Gasteiger partial charge in [0.25, 0.3) is 0 Å². The van der Waals surface area contributed by atoms with Crippen LogP contribution in [0.2, 0.25) is 0 Å². The average Bonchev–Trinajstić information content (AvgIpc) is 2.65. The van der Waals surface area contributed by atoms with Gasteiger partial charge in [0.05, 0.1) is 6.61 Å². The second-order valence-corrected chi connectivity index (χ2v) is 7.45. The van der Waals surface area contributed by atoms with Gasteiger partial charge in [-0.2, -0.15) is 13.2 Å². The summed E-state index contributed by atoms with van der Waals surface area (Å²) in [5.41, 5.74) is 1.54. The number of rotatable bonds is 12. The molecule has 166 valence electrons. The van der Waals surface area contributed by atoms with E-state index in [1.54, 1.807) is 24.3 Å². The monoisotopic (exact) mass is 417 g/mol. The van der Waals surface area contributed by atoms with Crippen molar-refractivity contribution in [2.45, 2.75) is 47.0 Å². The SMILES string of the molecule is CCN(CC)CCN(CC(C)C)C(=O)NCc1ccc(COCC(F)(F)F)cc1. The molecule has 1 aromatic carbocycles. The summed E-state index contributed by atoms with van der Waals surface area (Å²) in [4.78, 5) is 16.7. The van der Waals surface area contributed by atoms with Crippen LogP contribution < -0.4 is 5.32 Å². The number of halogens is 3. The maximum absolute atomic E-state index is 12.6. The zero-order chi connectivity index (χ0) is 21.9. The summed E-state index contributed by atoms with van der Waals surface area (Å²) >= 11 is 0. The Hall–Kier alpha value is -1.80. The Labute approximate surface area is 172 Å². The third-order valence-corrected chi connectivity index (χ3v) is 4.45. The van der Waals surface area contributed by atoms with Crippen LogP contribution in [0.3, 0.4) is 0 Å². The fourth-order valence-corrected chi connectivity index (χ4v) is 2.85. The van der Waals surface area contributed by atoms with Crippen LogP contribution in [0.4, 0.5) is 18.0 Å². The molecular weight excluding hydrogens is 383 g/mol. The molecule has 1 N–H and O–H groups in total. The van der Waals surface area contributed by atoms with Gasteiger partial charge in [-0.05, 0) is 30.1 Å². The van der Waals surface area contributed by atoms with Gasteiger partial charge in [0.2, 0.25) is 0 Å². The van der Waals surface area contributed by atoms with Crippen LogP contribution in [-0.2, 0) is 17.9 Å². The molecule has 0 atom stereocenters. The Morgan fingerprint density at radius 1 is 1.07 bits per heavy atom. The highest BCUT2D eigenvalue weighted by atomic mass is 19.4. The van der Waals surface area contributed by atoms with E-state index in [0.29, 0.717) is 31.1 Å². The summed E-state index contributed by atoms with van der Waals surface area (Å²) in [5, 5.41) is 2.94. The molecule has 0 radical (unpaired) electrons. The van der Waals surface area contributed by atoms with E-state index >= 15 is 0 Å². The molecule has 0 fully saturated rings. The van der Waals surface area contributed by atoms with Crippen molar-refractivity contribution in [3.05, 3.63) is 35.4 Å². The molecule has 5 nitrogen and oxygen atoms in total. The lowest BCUT2D eigenvalue weighted by molar-refractivity contribution is -0.176. The summed E-state index contributed by atoms with van der Waals surface area (Å²) in [6.45, 7) is 11.5. The van der Waals surface area contributed by atoms with Gasteiger partial charge in [-0.1, -0.05) is 52.0 Å². The summed E-state index contributed by atoms with van der Waals surface area (Å²) in [6, 6.07) is 6.89. The van der Waals surface area contributed by atoms with Gasteiger partial charge >= 0.3 is 12.2 Å². The first-order valence-corrected chi connectivity index (χ1v) is 10.1. The summed E-state index contributed by atoms with van der Waals surface area (Å²) < 4.78 is 41.0. The average molecular weight is 418 g/mol. The van der Waals surface area contributed by atoms with Crippen LogP contribution in [0.5, 0.6) is 0 Å². The maximum Gasteiger partial charge on any atom is 0.411 e. The Kier molecular flexibility index (Phi) is 11.0. The van der Waals surface area contributed by atoms with Crippen LogP contribution in [-0.4, -0.2) is 61.3 Å². The van der Waals surface area contributed by atoms with Gasteiger partial charge in [0.15, 0.2) is 0 Å². The van der Waals surface area contributed by atoms with Crippen molar-refractivity contribution in [3.63, 3.8) is 0 Å². The molecule has 0 aliphatic carbocycles. The molecule has 0 spiro atoms. The van der Waals surface area contributed by atoms with E-state index < -0.39 is 12.8 Å². The Morgan fingerprint density at radius 3 is 2.17 bits per heavy atom. The minimum atomic E-state index is -4.32. The minimum absolute atomic E-state index is 0.0975. The fourth-order valence-electron chi connectivity index (χ4n) is 2.85. The van der Waals surface area contributed by atoms with Crippen molar-refractivity contribution in [2.75, 3.05) is 39.3 Å². The van der Waals surface area contributed by atoms with Gasteiger partial charge in [-0.15, -0.1) is 0 Å². The number of carbonyl (C=O) groups excluding carboxylic acids is 1. The number of hydrogen-bond donors (Lipinski definition) is 1. The van der Waals surface area contributed by atoms with Crippen LogP contribution in [0.1, 0.15) is 38.8 Å². The summed E-state index contributed by atoms with van der Waals surface area (Å²) in [6.07, 6.45) is -4.32. The number of nitrogens with one attached hydrogen (secondary N) is 1. The first-order chi connectivity index (χ1) is 13.6. The van der Waals surface area contributed by atoms with E-state index in [9.17, 15) is 18.0 Å². The molecule has 1 aromatic rings. The van der Waals surface area contributed by atoms with E-state index in [1.165, 1.54) is 0 Å². The van der Waals surface area contributed by atoms with Crippen molar-refractivity contribution in [2.24, 2.45) is 5.92 Å². The number of urea groups is 1. The highest BCUT2D eigenvalue weighted by molar-refractivity contribution is 5.74. The molecule has 0 saturated heterocycles. The topological polar surface area (TPSA) is 44.8 Å². The molecule has 1 rings (SSSR count). The number of amides is 2. The summed E-state index contributed by atoms with van der Waals surface area (Å²) in [5.74, 6) is 0.369. The quantitative estimate of drug-likeness (QED) is 0.552. The lowest BCUT2D eigenvalue weighted by Crippen LogP contribution is -2.45. The zero-order valence-electron chi connectivity index (χ0n) is 17.9. The molecule has 0 unspecified atom stereocenters. The van der Waals surface area contributed by atoms with Gasteiger partial charge < -0.3 is 19.9 Å². The molecule has 0 saturated carbocycles. The molecule has 8 heteroatoms. The molecule has 2 amide bonds. The van der Waals surface area contributed by atoms with Crippen molar-refractivity contribution < 1.29 is 22.7 Å². The van der Waals surface area contributed by atoms with E-state index in [-0.39, 0.29) is 12.6 Å². The third kappa shape index (κ3) is 11.1. The van der Waals surface area contributed by atoms with Crippen LogP contribution >= 0.6 is 0 Å². The Morgan fingerprint density at radius 2 is 1.66 bits per heavy atom. The van der Waals surface area contributed by atoms with E-state index in [2.05, 4.69) is 42.6 Å². The van der Waals surface area contributed by atoms with Crippen LogP contribution in [0.25, 0.3) is 0 Å². The Balaban J connectivity index is 2.52. The lowest BCUT2D eigenvalue weighted by atomic mass is 10.1. The standard InChI is InChI=1S/C21H34F3N3O2/c1-5-26(6-2)11-12-27(14-17(3)4)20(28)25-13-18-7-9-19(10-8-18)15-29-16-21(22,23)24/h7-10,17H,5-6,11-16H2,1-4H3,(H,25,28). The molecule has 0 aromatic heterocycles. The zero-order valence-corrected chi connectivity index (χ0v) is 17.9. The molecule has 29 heavy (non-hydrogen) atoms. The number of hydrogen-bond acceptors (Lipinski definition) is 3. The number of carbonyl (C=O) groups is 1. The first kappa shape index (κ1) is 25.2. The fraction of sp³-hybridized carbons (Fsp3) is 0.667. The van der Waals surface area contributed by atoms with Crippen molar-refractivity contribution >= 4 is 6.03 Å². The van der Waals surface area contributed by atoms with Crippen molar-refractivity contribution in [1.82, 2.24) is 15.1 Å². The number of ether oxygens (including phenoxy) is 1. The second-order valence-electron chi connectivity index (χ2n) is 7.45. The van der Waals surface area contributed by atoms with Crippen LogP contribution in [0, 0.1) is 5.92 Å². The van der Waals surface area contributed by atoms with Gasteiger partial charge in [0, 0.05) is 26.2 Å². The molecule has 0 aliphatic heterocycles. The van der Waals surface area contributed by atoms with Crippen molar-refractivity contribution in [3.8, 4) is 0 Å². The first-order valence-electron chi connectivity index (χ1n) is 10.1. The predicted octanol–water partition coefficient (Wildman–Crippen LogP) is 4.27. The molecule has 0 bridgehead atoms. The van der Waals surface area contributed by atoms with Gasteiger partial charge in [-0.25, -0.2) is 4.79 Å². The highest BCUT2D eigenvalue weighted by Crippen LogP contribution is 2.16. The number of alkyl halides is 3. The number of benzene rings is 1. The normalized spacial score (nSPS) is 11.9. The van der Waals surface area contributed by atoms with E-state index in [1.807, 2.05) is 4.90 Å². The maximum atomic E-state index is 12.6. The van der Waals surface area contributed by atoms with Gasteiger partial charge in [0.1, 0.15) is 6.61 Å². The Bertz CT molecular complexity index is 588. The molecular formula is C21H34F3N3O2. The van der Waals surface area contributed by atoms with Crippen molar-refractivity contribution in [1.29, 1.82) is 0 Å². The minimum Gasteiger partial charge on any atom is -0.367 e.